The fraction of sp³-hybridized carbons (Fsp3) is 0.875. The Morgan fingerprint density at radius 1 is 1.16 bits per heavy atom. The van der Waals surface area contributed by atoms with Crippen LogP contribution in [0.5, 0.6) is 0 Å². The van der Waals surface area contributed by atoms with Gasteiger partial charge in [0.2, 0.25) is 0 Å². The monoisotopic (exact) mass is 261 g/mol. The van der Waals surface area contributed by atoms with E-state index in [-0.39, 0.29) is 18.0 Å². The van der Waals surface area contributed by atoms with Gasteiger partial charge in [-0.2, -0.15) is 5.26 Å². The summed E-state index contributed by atoms with van der Waals surface area (Å²) in [5.41, 5.74) is 0. The van der Waals surface area contributed by atoms with E-state index >= 15 is 0 Å². The predicted octanol–water partition coefficient (Wildman–Crippen LogP) is 3.44. The number of hydrogen-bond acceptors (Lipinski definition) is 3. The van der Waals surface area contributed by atoms with Gasteiger partial charge in [-0.1, -0.05) is 12.8 Å². The molecule has 3 aliphatic rings. The molecule has 104 valence electrons. The van der Waals surface area contributed by atoms with Gasteiger partial charge in [0.05, 0.1) is 12.0 Å². The van der Waals surface area contributed by atoms with Gasteiger partial charge in [-0.15, -0.1) is 0 Å². The zero-order valence-corrected chi connectivity index (χ0v) is 11.5. The molecule has 3 rings (SSSR count). The molecule has 3 nitrogen and oxygen atoms in total. The summed E-state index contributed by atoms with van der Waals surface area (Å²) < 4.78 is 5.60. The maximum absolute atomic E-state index is 12.1. The van der Waals surface area contributed by atoms with Crippen LogP contribution in [0.15, 0.2) is 0 Å². The summed E-state index contributed by atoms with van der Waals surface area (Å²) >= 11 is 0. The van der Waals surface area contributed by atoms with Crippen LogP contribution in [0.3, 0.4) is 0 Å². The van der Waals surface area contributed by atoms with Crippen LogP contribution in [-0.2, 0) is 9.53 Å². The third-order valence-corrected chi connectivity index (χ3v) is 5.46. The highest BCUT2D eigenvalue weighted by molar-refractivity contribution is 5.70. The standard InChI is InChI=1S/C16H23NO2/c17-10-13-3-1-2-4-15(13)19-16(18)9-14-8-11-5-6-12(14)7-11/h11-15H,1-9H2/t11-,12-,13-,14-,15-/m0/s1. The average molecular weight is 261 g/mol. The van der Waals surface area contributed by atoms with Gasteiger partial charge in [0.1, 0.15) is 6.10 Å². The number of nitriles is 1. The van der Waals surface area contributed by atoms with Gasteiger partial charge in [0, 0.05) is 6.42 Å². The van der Waals surface area contributed by atoms with Gasteiger partial charge < -0.3 is 4.74 Å². The Balaban J connectivity index is 1.49. The van der Waals surface area contributed by atoms with E-state index < -0.39 is 0 Å². The molecule has 0 unspecified atom stereocenters. The lowest BCUT2D eigenvalue weighted by Gasteiger charge is -2.28. The van der Waals surface area contributed by atoms with Gasteiger partial charge in [-0.05, 0) is 56.3 Å². The number of nitrogens with zero attached hydrogens (tertiary/aromatic N) is 1. The maximum Gasteiger partial charge on any atom is 0.306 e. The van der Waals surface area contributed by atoms with Crippen molar-refractivity contribution in [2.75, 3.05) is 0 Å². The minimum absolute atomic E-state index is 0.0512. The highest BCUT2D eigenvalue weighted by Gasteiger charge is 2.40. The van der Waals surface area contributed by atoms with E-state index in [9.17, 15) is 4.79 Å². The van der Waals surface area contributed by atoms with Crippen molar-refractivity contribution < 1.29 is 9.53 Å². The molecule has 0 N–H and O–H groups in total. The van der Waals surface area contributed by atoms with Crippen LogP contribution >= 0.6 is 0 Å². The van der Waals surface area contributed by atoms with E-state index in [1.807, 2.05) is 0 Å². The van der Waals surface area contributed by atoms with Crippen molar-refractivity contribution in [2.24, 2.45) is 23.7 Å². The van der Waals surface area contributed by atoms with E-state index in [1.165, 1.54) is 25.7 Å². The lowest BCUT2D eigenvalue weighted by Crippen LogP contribution is -2.30. The van der Waals surface area contributed by atoms with Crippen molar-refractivity contribution in [3.05, 3.63) is 0 Å². The van der Waals surface area contributed by atoms with E-state index in [0.717, 1.165) is 37.5 Å². The first-order valence-corrected chi connectivity index (χ1v) is 7.85. The van der Waals surface area contributed by atoms with Gasteiger partial charge >= 0.3 is 5.97 Å². The molecule has 5 atom stereocenters. The first kappa shape index (κ1) is 13.0. The molecule has 19 heavy (non-hydrogen) atoms. The first-order chi connectivity index (χ1) is 9.26. The molecule has 0 aromatic heterocycles. The van der Waals surface area contributed by atoms with Crippen molar-refractivity contribution >= 4 is 5.97 Å². The largest absolute Gasteiger partial charge is 0.461 e. The molecule has 0 aromatic carbocycles. The number of rotatable bonds is 3. The SMILES string of the molecule is N#C[C@@H]1CCCC[C@@H]1OC(=O)C[C@@H]1C[C@H]2CC[C@H]1C2. The second kappa shape index (κ2) is 5.53. The van der Waals surface area contributed by atoms with Gasteiger partial charge in [0.15, 0.2) is 0 Å². The predicted molar refractivity (Wildman–Crippen MR) is 71.0 cm³/mol. The molecular weight excluding hydrogens is 238 g/mol. The number of fused-ring (bicyclic) bond motifs is 2. The summed E-state index contributed by atoms with van der Waals surface area (Å²) in [7, 11) is 0. The van der Waals surface area contributed by atoms with Crippen molar-refractivity contribution in [3.63, 3.8) is 0 Å². The summed E-state index contributed by atoms with van der Waals surface area (Å²) in [6, 6.07) is 2.30. The zero-order valence-electron chi connectivity index (χ0n) is 11.5. The molecule has 0 heterocycles. The van der Waals surface area contributed by atoms with Gasteiger partial charge in [0.25, 0.3) is 0 Å². The molecule has 0 aliphatic heterocycles. The fourth-order valence-electron chi connectivity index (χ4n) is 4.44. The summed E-state index contributed by atoms with van der Waals surface area (Å²) in [5, 5.41) is 9.10. The summed E-state index contributed by atoms with van der Waals surface area (Å²) in [4.78, 5) is 12.1. The molecular formula is C16H23NO2. The van der Waals surface area contributed by atoms with Crippen LogP contribution < -0.4 is 0 Å². The van der Waals surface area contributed by atoms with Crippen LogP contribution in [0.25, 0.3) is 0 Å². The van der Waals surface area contributed by atoms with E-state index in [0.29, 0.717) is 12.3 Å². The second-order valence-electron chi connectivity index (χ2n) is 6.69. The number of carbonyl (C=O) groups excluding carboxylic acids is 1. The molecule has 3 fully saturated rings. The Bertz CT molecular complexity index is 387. The quantitative estimate of drug-likeness (QED) is 0.731. The zero-order chi connectivity index (χ0) is 13.2. The van der Waals surface area contributed by atoms with Crippen LogP contribution in [0.2, 0.25) is 0 Å². The molecule has 0 saturated heterocycles. The summed E-state index contributed by atoms with van der Waals surface area (Å²) in [6.07, 6.45) is 9.66. The summed E-state index contributed by atoms with van der Waals surface area (Å²) in [6.45, 7) is 0. The van der Waals surface area contributed by atoms with Crippen molar-refractivity contribution in [1.29, 1.82) is 5.26 Å². The Morgan fingerprint density at radius 2 is 2.00 bits per heavy atom. The number of hydrogen-bond donors (Lipinski definition) is 0. The minimum atomic E-state index is -0.134. The average Bonchev–Trinajstić information content (AvgIpc) is 3.01. The molecule has 3 heteroatoms. The minimum Gasteiger partial charge on any atom is -0.461 e. The lowest BCUT2D eigenvalue weighted by molar-refractivity contribution is -0.153. The third-order valence-electron chi connectivity index (χ3n) is 5.46. The number of ether oxygens (including phenoxy) is 1. The van der Waals surface area contributed by atoms with Crippen molar-refractivity contribution in [1.82, 2.24) is 0 Å². The van der Waals surface area contributed by atoms with Crippen LogP contribution in [0.4, 0.5) is 0 Å². The number of esters is 1. The Kier molecular flexibility index (Phi) is 3.77. The molecule has 3 aliphatic carbocycles. The molecule has 0 aromatic rings. The Hall–Kier alpha value is -1.04. The third kappa shape index (κ3) is 2.78. The Labute approximate surface area is 115 Å². The van der Waals surface area contributed by atoms with Gasteiger partial charge in [-0.25, -0.2) is 0 Å². The molecule has 0 radical (unpaired) electrons. The topological polar surface area (TPSA) is 50.1 Å². The summed E-state index contributed by atoms with van der Waals surface area (Å²) in [5.74, 6) is 2.10. The van der Waals surface area contributed by atoms with Crippen molar-refractivity contribution in [3.8, 4) is 6.07 Å². The first-order valence-electron chi connectivity index (χ1n) is 7.85. The van der Waals surface area contributed by atoms with E-state index in [1.54, 1.807) is 0 Å². The highest BCUT2D eigenvalue weighted by Crippen LogP contribution is 2.49. The maximum atomic E-state index is 12.1. The molecule has 2 bridgehead atoms. The molecule has 0 spiro atoms. The smallest absolute Gasteiger partial charge is 0.306 e. The van der Waals surface area contributed by atoms with E-state index in [2.05, 4.69) is 6.07 Å². The van der Waals surface area contributed by atoms with Crippen LogP contribution in [0.1, 0.15) is 57.8 Å². The molecule has 3 saturated carbocycles. The molecule has 0 amide bonds. The van der Waals surface area contributed by atoms with Crippen LogP contribution in [0, 0.1) is 35.0 Å². The number of carbonyl (C=O) groups is 1. The second-order valence-corrected chi connectivity index (χ2v) is 6.69. The highest BCUT2D eigenvalue weighted by atomic mass is 16.5. The normalized spacial score (nSPS) is 40.9. The lowest BCUT2D eigenvalue weighted by atomic mass is 9.86. The van der Waals surface area contributed by atoms with Crippen LogP contribution in [-0.4, -0.2) is 12.1 Å². The fourth-order valence-corrected chi connectivity index (χ4v) is 4.44. The Morgan fingerprint density at radius 3 is 2.68 bits per heavy atom. The van der Waals surface area contributed by atoms with E-state index in [4.69, 9.17) is 10.00 Å². The van der Waals surface area contributed by atoms with Gasteiger partial charge in [-0.3, -0.25) is 4.79 Å². The van der Waals surface area contributed by atoms with Crippen molar-refractivity contribution in [2.45, 2.75) is 63.9 Å².